The Balaban J connectivity index is 2.35. The fraction of sp³-hybridized carbons (Fsp3) is 0.625. The zero-order valence-corrected chi connectivity index (χ0v) is 8.49. The smallest absolute Gasteiger partial charge is 0.347 e. The van der Waals surface area contributed by atoms with Gasteiger partial charge in [-0.2, -0.15) is 9.78 Å². The van der Waals surface area contributed by atoms with Crippen molar-refractivity contribution < 1.29 is 19.3 Å². The van der Waals surface area contributed by atoms with E-state index in [0.29, 0.717) is 4.68 Å². The predicted octanol–water partition coefficient (Wildman–Crippen LogP) is -2.48. The summed E-state index contributed by atoms with van der Waals surface area (Å²) in [7, 11) is 0. The summed E-state index contributed by atoms with van der Waals surface area (Å²) in [5.74, 6) is 0. The summed E-state index contributed by atoms with van der Waals surface area (Å²) in [6.45, 7) is -0.587. The molecule has 2 rings (SSSR count). The van der Waals surface area contributed by atoms with Gasteiger partial charge in [0.1, 0.15) is 18.4 Å². The van der Waals surface area contributed by atoms with Gasteiger partial charge in [-0.3, -0.25) is 9.78 Å². The molecule has 9 heteroatoms. The van der Waals surface area contributed by atoms with E-state index >= 15 is 0 Å². The van der Waals surface area contributed by atoms with Crippen LogP contribution in [-0.4, -0.2) is 50.0 Å². The van der Waals surface area contributed by atoms with E-state index in [9.17, 15) is 19.1 Å². The molecule has 0 amide bonds. The van der Waals surface area contributed by atoms with Crippen molar-refractivity contribution >= 4 is 0 Å². The Labute approximate surface area is 93.3 Å². The van der Waals surface area contributed by atoms with Gasteiger partial charge in [0, 0.05) is 0 Å². The molecule has 4 unspecified atom stereocenters. The molecule has 1 aliphatic heterocycles. The second-order valence-electron chi connectivity index (χ2n) is 3.57. The number of aromatic nitrogens is 3. The van der Waals surface area contributed by atoms with Gasteiger partial charge >= 0.3 is 5.69 Å². The summed E-state index contributed by atoms with van der Waals surface area (Å²) in [5, 5.41) is 21.6. The Kier molecular flexibility index (Phi) is 3.05. The molecule has 0 aromatic carbocycles. The van der Waals surface area contributed by atoms with Crippen molar-refractivity contribution in [3.05, 3.63) is 27.0 Å². The molecule has 94 valence electrons. The zero-order valence-electron chi connectivity index (χ0n) is 8.49. The monoisotopic (exact) mass is 247 g/mol. The van der Waals surface area contributed by atoms with Crippen LogP contribution in [0.2, 0.25) is 0 Å². The van der Waals surface area contributed by atoms with Crippen molar-refractivity contribution in [1.29, 1.82) is 0 Å². The lowest BCUT2D eigenvalue weighted by atomic mass is 10.1. The number of aliphatic hydroxyl groups is 2. The summed E-state index contributed by atoms with van der Waals surface area (Å²) in [5.41, 5.74) is -1.67. The SMILES string of the molecule is O=c1cnn(C2OC(CO)C(O)C2F)c(=O)[nH]1. The first-order chi connectivity index (χ1) is 8.04. The Morgan fingerprint density at radius 2 is 2.29 bits per heavy atom. The number of halogens is 1. The maximum Gasteiger partial charge on any atom is 0.347 e. The number of hydrogen-bond donors (Lipinski definition) is 3. The first kappa shape index (κ1) is 11.9. The molecular formula is C8H10FN3O5. The summed E-state index contributed by atoms with van der Waals surface area (Å²) >= 11 is 0. The molecule has 1 aromatic rings. The lowest BCUT2D eigenvalue weighted by Gasteiger charge is -2.13. The highest BCUT2D eigenvalue weighted by atomic mass is 19.1. The molecule has 4 atom stereocenters. The minimum absolute atomic E-state index is 0.574. The molecule has 8 nitrogen and oxygen atoms in total. The molecule has 0 bridgehead atoms. The summed E-state index contributed by atoms with van der Waals surface area (Å²) < 4.78 is 19.1. The number of nitrogens with zero attached hydrogens (tertiary/aromatic N) is 2. The van der Waals surface area contributed by atoms with Gasteiger partial charge in [0.25, 0.3) is 5.56 Å². The normalized spacial score (nSPS) is 32.9. The van der Waals surface area contributed by atoms with Gasteiger partial charge in [-0.25, -0.2) is 9.18 Å². The molecule has 1 aromatic heterocycles. The molecule has 1 aliphatic rings. The third kappa shape index (κ3) is 1.99. The highest BCUT2D eigenvalue weighted by molar-refractivity contribution is 4.89. The lowest BCUT2D eigenvalue weighted by molar-refractivity contribution is -0.0548. The third-order valence-electron chi connectivity index (χ3n) is 2.45. The first-order valence-electron chi connectivity index (χ1n) is 4.81. The molecule has 2 heterocycles. The number of aliphatic hydroxyl groups excluding tert-OH is 2. The van der Waals surface area contributed by atoms with E-state index in [1.54, 1.807) is 0 Å². The number of aromatic amines is 1. The van der Waals surface area contributed by atoms with Crippen LogP contribution in [0.5, 0.6) is 0 Å². The maximum absolute atomic E-state index is 13.6. The molecule has 0 aliphatic carbocycles. The Hall–Kier alpha value is -1.58. The largest absolute Gasteiger partial charge is 0.394 e. The Bertz CT molecular complexity index is 514. The van der Waals surface area contributed by atoms with E-state index in [4.69, 9.17) is 9.84 Å². The van der Waals surface area contributed by atoms with Crippen LogP contribution in [0.15, 0.2) is 15.8 Å². The van der Waals surface area contributed by atoms with Crippen LogP contribution < -0.4 is 11.2 Å². The highest BCUT2D eigenvalue weighted by Gasteiger charge is 2.45. The summed E-state index contributed by atoms with van der Waals surface area (Å²) in [6, 6.07) is 0. The van der Waals surface area contributed by atoms with Gasteiger partial charge < -0.3 is 14.9 Å². The molecule has 1 fully saturated rings. The fourth-order valence-corrected chi connectivity index (χ4v) is 1.60. The van der Waals surface area contributed by atoms with E-state index in [1.165, 1.54) is 0 Å². The third-order valence-corrected chi connectivity index (χ3v) is 2.45. The van der Waals surface area contributed by atoms with Crippen molar-refractivity contribution in [1.82, 2.24) is 14.8 Å². The topological polar surface area (TPSA) is 117 Å². The van der Waals surface area contributed by atoms with Crippen molar-refractivity contribution in [3.8, 4) is 0 Å². The van der Waals surface area contributed by atoms with Gasteiger partial charge in [-0.1, -0.05) is 0 Å². The van der Waals surface area contributed by atoms with Gasteiger partial charge in [-0.15, -0.1) is 0 Å². The lowest BCUT2D eigenvalue weighted by Crippen LogP contribution is -2.37. The standard InChI is InChI=1S/C8H10FN3O5/c9-5-6(15)3(2-13)17-7(5)12-8(16)11-4(14)1-10-12/h1,3,5-7,13,15H,2H2,(H,11,14,16). The number of alkyl halides is 1. The van der Waals surface area contributed by atoms with Gasteiger partial charge in [-0.05, 0) is 0 Å². The van der Waals surface area contributed by atoms with Crippen LogP contribution in [0.1, 0.15) is 6.23 Å². The van der Waals surface area contributed by atoms with Crippen molar-refractivity contribution in [2.75, 3.05) is 6.61 Å². The van der Waals surface area contributed by atoms with E-state index in [0.717, 1.165) is 6.20 Å². The molecule has 17 heavy (non-hydrogen) atoms. The van der Waals surface area contributed by atoms with Gasteiger partial charge in [0.15, 0.2) is 12.4 Å². The molecular weight excluding hydrogens is 237 g/mol. The van der Waals surface area contributed by atoms with Crippen LogP contribution in [0.4, 0.5) is 4.39 Å². The van der Waals surface area contributed by atoms with Crippen molar-refractivity contribution in [2.45, 2.75) is 24.6 Å². The van der Waals surface area contributed by atoms with Gasteiger partial charge in [0.05, 0.1) is 6.61 Å². The quantitative estimate of drug-likeness (QED) is 0.532. The van der Waals surface area contributed by atoms with Crippen LogP contribution in [-0.2, 0) is 4.74 Å². The number of ether oxygens (including phenoxy) is 1. The Morgan fingerprint density at radius 3 is 2.82 bits per heavy atom. The summed E-state index contributed by atoms with van der Waals surface area (Å²) in [4.78, 5) is 24.0. The zero-order chi connectivity index (χ0) is 12.6. The van der Waals surface area contributed by atoms with E-state index in [2.05, 4.69) is 5.10 Å². The van der Waals surface area contributed by atoms with Crippen LogP contribution in [0.3, 0.4) is 0 Å². The molecule has 0 saturated carbocycles. The molecule has 1 saturated heterocycles. The summed E-state index contributed by atoms with van der Waals surface area (Å²) in [6.07, 6.45) is -5.27. The number of H-pyrrole nitrogens is 1. The highest BCUT2D eigenvalue weighted by Crippen LogP contribution is 2.29. The molecule has 0 radical (unpaired) electrons. The average Bonchev–Trinajstić information content (AvgIpc) is 2.57. The second kappa shape index (κ2) is 4.35. The second-order valence-corrected chi connectivity index (χ2v) is 3.57. The van der Waals surface area contributed by atoms with E-state index in [-0.39, 0.29) is 0 Å². The molecule has 3 N–H and O–H groups in total. The average molecular weight is 247 g/mol. The first-order valence-corrected chi connectivity index (χ1v) is 4.81. The van der Waals surface area contributed by atoms with Crippen LogP contribution >= 0.6 is 0 Å². The van der Waals surface area contributed by atoms with Crippen molar-refractivity contribution in [3.63, 3.8) is 0 Å². The predicted molar refractivity (Wildman–Crippen MR) is 51.0 cm³/mol. The maximum atomic E-state index is 13.6. The Morgan fingerprint density at radius 1 is 1.59 bits per heavy atom. The van der Waals surface area contributed by atoms with Crippen molar-refractivity contribution in [2.24, 2.45) is 0 Å². The van der Waals surface area contributed by atoms with Gasteiger partial charge in [0.2, 0.25) is 0 Å². The fourth-order valence-electron chi connectivity index (χ4n) is 1.60. The van der Waals surface area contributed by atoms with Crippen LogP contribution in [0.25, 0.3) is 0 Å². The van der Waals surface area contributed by atoms with E-state index in [1.807, 2.05) is 4.98 Å². The van der Waals surface area contributed by atoms with E-state index < -0.39 is 42.5 Å². The minimum atomic E-state index is -1.91. The molecule has 0 spiro atoms. The number of rotatable bonds is 2. The number of nitrogens with one attached hydrogen (secondary N) is 1. The number of hydrogen-bond acceptors (Lipinski definition) is 6. The van der Waals surface area contributed by atoms with Crippen LogP contribution in [0, 0.1) is 0 Å². The minimum Gasteiger partial charge on any atom is -0.394 e.